The first-order chi connectivity index (χ1) is 17.4. The van der Waals surface area contributed by atoms with Crippen LogP contribution < -0.4 is 0 Å². The molecule has 2 aromatic heterocycles. The Labute approximate surface area is 233 Å². The molecule has 0 spiro atoms. The Morgan fingerprint density at radius 3 is 2.05 bits per heavy atom. The normalized spacial score (nSPS) is 11.1. The molecule has 0 bridgehead atoms. The Hall–Kier alpha value is -3.49. The summed E-state index contributed by atoms with van der Waals surface area (Å²) in [5.74, 6) is 1.83. The van der Waals surface area contributed by atoms with Gasteiger partial charge in [-0.3, -0.25) is 9.97 Å². The quantitative estimate of drug-likeness (QED) is 0.187. The molecule has 4 nitrogen and oxygen atoms in total. The van der Waals surface area contributed by atoms with Crippen molar-refractivity contribution in [3.05, 3.63) is 108 Å². The maximum absolute atomic E-state index is 10.3. The van der Waals surface area contributed by atoms with E-state index in [0.717, 1.165) is 28.3 Å². The minimum atomic E-state index is 0. The number of benzene rings is 3. The number of hydrogen-bond donors (Lipinski definition) is 1. The number of phenols is 1. The average molecular weight is 668 g/mol. The Morgan fingerprint density at radius 2 is 1.35 bits per heavy atom. The molecule has 0 atom stereocenters. The van der Waals surface area contributed by atoms with Gasteiger partial charge in [-0.25, -0.2) is 0 Å². The van der Waals surface area contributed by atoms with Crippen LogP contribution in [0.4, 0.5) is 0 Å². The van der Waals surface area contributed by atoms with Gasteiger partial charge in [-0.05, 0) is 41.2 Å². The number of hydrogen-bond acceptors (Lipinski definition) is 3. The van der Waals surface area contributed by atoms with E-state index >= 15 is 0 Å². The number of imidazole rings is 1. The molecule has 2 heterocycles. The predicted octanol–water partition coefficient (Wildman–Crippen LogP) is 8.02. The molecule has 3 aromatic carbocycles. The van der Waals surface area contributed by atoms with Crippen molar-refractivity contribution in [2.45, 2.75) is 39.5 Å². The van der Waals surface area contributed by atoms with Crippen molar-refractivity contribution in [3.8, 4) is 45.3 Å². The summed E-state index contributed by atoms with van der Waals surface area (Å²) in [5, 5.41) is 10.3. The molecule has 0 aliphatic rings. The van der Waals surface area contributed by atoms with E-state index in [1.807, 2.05) is 67.0 Å². The molecule has 1 N–H and O–H groups in total. The first-order valence-electron chi connectivity index (χ1n) is 12.4. The van der Waals surface area contributed by atoms with Crippen LogP contribution >= 0.6 is 0 Å². The van der Waals surface area contributed by atoms with Crippen molar-refractivity contribution >= 4 is 0 Å². The summed E-state index contributed by atoms with van der Waals surface area (Å²) in [6.07, 6.45) is 3.90. The van der Waals surface area contributed by atoms with Gasteiger partial charge in [0.15, 0.2) is 0 Å². The van der Waals surface area contributed by atoms with E-state index in [0.29, 0.717) is 17.4 Å². The summed E-state index contributed by atoms with van der Waals surface area (Å²) in [5.41, 5.74) is 7.80. The molecule has 5 aromatic rings. The van der Waals surface area contributed by atoms with Crippen LogP contribution in [0.15, 0.2) is 91.3 Å². The number of nitrogens with zero attached hydrogens (tertiary/aromatic N) is 3. The van der Waals surface area contributed by atoms with Crippen LogP contribution in [0.1, 0.15) is 50.7 Å². The Balaban J connectivity index is 0.00000320. The summed E-state index contributed by atoms with van der Waals surface area (Å²) >= 11 is 0. The fourth-order valence-electron chi connectivity index (χ4n) is 4.65. The van der Waals surface area contributed by atoms with Crippen molar-refractivity contribution < 1.29 is 26.2 Å². The largest absolute Gasteiger partial charge is 0.507 e. The van der Waals surface area contributed by atoms with Gasteiger partial charge in [-0.1, -0.05) is 81.3 Å². The molecule has 0 aliphatic heterocycles. The molecule has 190 valence electrons. The van der Waals surface area contributed by atoms with Crippen LogP contribution in [0.25, 0.3) is 39.6 Å². The van der Waals surface area contributed by atoms with E-state index in [1.54, 1.807) is 6.07 Å². The van der Waals surface area contributed by atoms with Gasteiger partial charge in [0.1, 0.15) is 5.75 Å². The summed E-state index contributed by atoms with van der Waals surface area (Å²) in [4.78, 5) is 9.59. The van der Waals surface area contributed by atoms with Crippen LogP contribution in [0.5, 0.6) is 5.75 Å². The molecule has 0 amide bonds. The van der Waals surface area contributed by atoms with Crippen molar-refractivity contribution in [1.29, 1.82) is 0 Å². The van der Waals surface area contributed by atoms with E-state index in [4.69, 9.17) is 9.97 Å². The number of aromatic hydroxyl groups is 1. The zero-order valence-corrected chi connectivity index (χ0v) is 23.7. The van der Waals surface area contributed by atoms with Gasteiger partial charge >= 0.3 is 0 Å². The van der Waals surface area contributed by atoms with Crippen LogP contribution in [-0.4, -0.2) is 19.6 Å². The zero-order valence-electron chi connectivity index (χ0n) is 21.4. The third-order valence-corrected chi connectivity index (χ3v) is 6.47. The Kier molecular flexibility index (Phi) is 8.09. The molecule has 0 unspecified atom stereocenters. The molecule has 0 saturated heterocycles. The van der Waals surface area contributed by atoms with Gasteiger partial charge in [0.05, 0.1) is 11.5 Å². The van der Waals surface area contributed by atoms with Crippen molar-refractivity contribution in [2.24, 2.45) is 0 Å². The first kappa shape index (κ1) is 26.6. The second-order valence-electron chi connectivity index (χ2n) is 9.62. The number of pyridine rings is 1. The molecular weight excluding hydrogens is 637 g/mol. The third-order valence-electron chi connectivity index (χ3n) is 6.47. The first-order valence-corrected chi connectivity index (χ1v) is 12.4. The number of rotatable bonds is 6. The number of phenolic OH excluding ortho intramolecular Hbond substituents is 1. The van der Waals surface area contributed by atoms with Gasteiger partial charge in [0.25, 0.3) is 0 Å². The molecule has 0 aliphatic carbocycles. The predicted molar refractivity (Wildman–Crippen MR) is 146 cm³/mol. The van der Waals surface area contributed by atoms with E-state index < -0.39 is 0 Å². The van der Waals surface area contributed by atoms with Gasteiger partial charge < -0.3 is 9.67 Å². The third kappa shape index (κ3) is 5.31. The van der Waals surface area contributed by atoms with Gasteiger partial charge in [-0.15, -0.1) is 24.3 Å². The van der Waals surface area contributed by atoms with Crippen LogP contribution in [0.3, 0.4) is 0 Å². The topological polar surface area (TPSA) is 50.9 Å². The molecule has 0 saturated carbocycles. The summed E-state index contributed by atoms with van der Waals surface area (Å²) < 4.78 is 2.20. The molecular formula is C32H30N3OPt-. The van der Waals surface area contributed by atoms with Crippen LogP contribution in [-0.2, 0) is 21.1 Å². The summed E-state index contributed by atoms with van der Waals surface area (Å²) in [7, 11) is 0. The monoisotopic (exact) mass is 667 g/mol. The second kappa shape index (κ2) is 11.3. The molecule has 0 radical (unpaired) electrons. The maximum Gasteiger partial charge on any atom is 0.124 e. The standard InChI is InChI=1S/C32H30N3O.Pt/c1-21(2)25-13-8-14-26(22(3)4)31(25)35-19-18-33-32(35)24-11-7-10-23(20-24)28-15-9-16-29(34-28)27-12-5-6-17-30(27)36;/h5-19,21-22,36H,1-4H3;/q-1;. The summed E-state index contributed by atoms with van der Waals surface area (Å²) in [6, 6.07) is 29.3. The Bertz CT molecular complexity index is 1490. The van der Waals surface area contributed by atoms with E-state index in [2.05, 4.69) is 56.5 Å². The molecule has 5 rings (SSSR count). The maximum atomic E-state index is 10.3. The van der Waals surface area contributed by atoms with Crippen molar-refractivity contribution in [1.82, 2.24) is 14.5 Å². The van der Waals surface area contributed by atoms with Crippen LogP contribution in [0, 0.1) is 6.07 Å². The van der Waals surface area contributed by atoms with E-state index in [9.17, 15) is 5.11 Å². The van der Waals surface area contributed by atoms with Crippen LogP contribution in [0.2, 0.25) is 0 Å². The molecule has 5 heteroatoms. The average Bonchev–Trinajstić information content (AvgIpc) is 3.38. The molecule has 37 heavy (non-hydrogen) atoms. The van der Waals surface area contributed by atoms with Crippen molar-refractivity contribution in [3.63, 3.8) is 0 Å². The van der Waals surface area contributed by atoms with Gasteiger partial charge in [-0.2, -0.15) is 0 Å². The second-order valence-corrected chi connectivity index (χ2v) is 9.62. The molecule has 0 fully saturated rings. The number of para-hydroxylation sites is 2. The van der Waals surface area contributed by atoms with E-state index in [-0.39, 0.29) is 26.8 Å². The Morgan fingerprint density at radius 1 is 0.730 bits per heavy atom. The SMILES string of the molecule is CC(C)c1cccc(C(C)C)c1-n1ccnc1-c1[c-]c(-c2cccc(-c3ccccc3O)n2)ccc1.[Pt]. The number of aromatic nitrogens is 3. The fourth-order valence-corrected chi connectivity index (χ4v) is 4.65. The van der Waals surface area contributed by atoms with E-state index in [1.165, 1.54) is 16.8 Å². The zero-order chi connectivity index (χ0) is 25.2. The summed E-state index contributed by atoms with van der Waals surface area (Å²) in [6.45, 7) is 8.93. The van der Waals surface area contributed by atoms with Crippen molar-refractivity contribution in [2.75, 3.05) is 0 Å². The van der Waals surface area contributed by atoms with Gasteiger partial charge in [0, 0.05) is 50.4 Å². The van der Waals surface area contributed by atoms with Gasteiger partial charge in [0.2, 0.25) is 0 Å². The minimum Gasteiger partial charge on any atom is -0.507 e. The fraction of sp³-hybridized carbons (Fsp3) is 0.188. The smallest absolute Gasteiger partial charge is 0.124 e. The minimum absolute atomic E-state index is 0.